The maximum absolute atomic E-state index is 11.1. The molecule has 0 aromatic heterocycles. The van der Waals surface area contributed by atoms with Crippen molar-refractivity contribution in [1.29, 1.82) is 0 Å². The molecule has 14 heavy (non-hydrogen) atoms. The molecule has 3 nitrogen and oxygen atoms in total. The molecule has 1 aromatic rings. The van der Waals surface area contributed by atoms with E-state index in [4.69, 9.17) is 17.3 Å². The molecule has 1 unspecified atom stereocenters. The second-order valence-corrected chi connectivity index (χ2v) is 3.78. The first-order valence-corrected chi connectivity index (χ1v) is 4.57. The van der Waals surface area contributed by atoms with Crippen molar-refractivity contribution in [3.63, 3.8) is 0 Å². The van der Waals surface area contributed by atoms with Crippen LogP contribution in [0.5, 0.6) is 0 Å². The second kappa shape index (κ2) is 2.97. The number of hydrogen-bond acceptors (Lipinski definition) is 2. The molecule has 1 radical (unpaired) electrons. The molecule has 1 aliphatic rings. The molecule has 1 aromatic carbocycles. The van der Waals surface area contributed by atoms with Crippen LogP contribution < -0.4 is 5.73 Å². The van der Waals surface area contributed by atoms with E-state index in [1.807, 2.05) is 0 Å². The SMILES string of the molecule is NC(=O)C1(O)[CH]Cc2ccc(Cl)cc21. The summed E-state index contributed by atoms with van der Waals surface area (Å²) in [4.78, 5) is 11.1. The van der Waals surface area contributed by atoms with E-state index in [1.165, 1.54) is 6.42 Å². The summed E-state index contributed by atoms with van der Waals surface area (Å²) in [7, 11) is 0. The lowest BCUT2D eigenvalue weighted by Crippen LogP contribution is -2.39. The monoisotopic (exact) mass is 210 g/mol. The number of fused-ring (bicyclic) bond motifs is 1. The van der Waals surface area contributed by atoms with Crippen molar-refractivity contribution in [2.45, 2.75) is 12.0 Å². The first-order chi connectivity index (χ1) is 6.54. The molecule has 1 amide bonds. The average Bonchev–Trinajstić information content (AvgIpc) is 2.46. The van der Waals surface area contributed by atoms with Crippen LogP contribution in [0.3, 0.4) is 0 Å². The van der Waals surface area contributed by atoms with Gasteiger partial charge in [-0.25, -0.2) is 0 Å². The lowest BCUT2D eigenvalue weighted by atomic mass is 9.95. The molecule has 3 N–H and O–H groups in total. The highest BCUT2D eigenvalue weighted by atomic mass is 35.5. The number of nitrogens with two attached hydrogens (primary N) is 1. The Kier molecular flexibility index (Phi) is 2.01. The summed E-state index contributed by atoms with van der Waals surface area (Å²) in [5, 5.41) is 10.4. The van der Waals surface area contributed by atoms with Crippen molar-refractivity contribution in [3.05, 3.63) is 40.8 Å². The van der Waals surface area contributed by atoms with Crippen LogP contribution in [0, 0.1) is 6.42 Å². The van der Waals surface area contributed by atoms with Gasteiger partial charge >= 0.3 is 0 Å². The number of halogens is 1. The Balaban J connectivity index is 2.58. The van der Waals surface area contributed by atoms with Gasteiger partial charge in [-0.2, -0.15) is 0 Å². The Morgan fingerprint density at radius 2 is 2.29 bits per heavy atom. The highest BCUT2D eigenvalue weighted by Gasteiger charge is 2.42. The minimum absolute atomic E-state index is 0.485. The van der Waals surface area contributed by atoms with Crippen LogP contribution in [-0.2, 0) is 16.8 Å². The quantitative estimate of drug-likeness (QED) is 0.719. The molecule has 0 aliphatic heterocycles. The van der Waals surface area contributed by atoms with E-state index in [9.17, 15) is 9.90 Å². The van der Waals surface area contributed by atoms with Crippen LogP contribution in [0.1, 0.15) is 11.1 Å². The first kappa shape index (κ1) is 9.49. The summed E-state index contributed by atoms with van der Waals surface area (Å²) in [6.45, 7) is 0. The third-order valence-corrected chi connectivity index (χ3v) is 2.71. The van der Waals surface area contributed by atoms with E-state index in [1.54, 1.807) is 18.2 Å². The summed E-state index contributed by atoms with van der Waals surface area (Å²) in [6, 6.07) is 5.08. The molecular weight excluding hydrogens is 202 g/mol. The summed E-state index contributed by atoms with van der Waals surface area (Å²) >= 11 is 5.78. The Bertz CT molecular complexity index is 405. The summed E-state index contributed by atoms with van der Waals surface area (Å²) < 4.78 is 0. The molecule has 0 heterocycles. The van der Waals surface area contributed by atoms with E-state index in [2.05, 4.69) is 0 Å². The fourth-order valence-corrected chi connectivity index (χ4v) is 1.85. The van der Waals surface area contributed by atoms with E-state index in [-0.39, 0.29) is 0 Å². The van der Waals surface area contributed by atoms with Gasteiger partial charge in [-0.3, -0.25) is 4.79 Å². The van der Waals surface area contributed by atoms with Gasteiger partial charge in [-0.15, -0.1) is 0 Å². The predicted octanol–water partition coefficient (Wildman–Crippen LogP) is 0.773. The van der Waals surface area contributed by atoms with Gasteiger partial charge in [0.15, 0.2) is 5.60 Å². The third-order valence-electron chi connectivity index (χ3n) is 2.48. The number of carbonyl (C=O) groups is 1. The summed E-state index contributed by atoms with van der Waals surface area (Å²) in [5.74, 6) is -0.765. The van der Waals surface area contributed by atoms with Crippen LogP contribution >= 0.6 is 11.6 Å². The third kappa shape index (κ3) is 1.21. The van der Waals surface area contributed by atoms with Gasteiger partial charge in [-0.1, -0.05) is 17.7 Å². The molecule has 4 heteroatoms. The molecular formula is C10H9ClNO2. The maximum atomic E-state index is 11.1. The van der Waals surface area contributed by atoms with Gasteiger partial charge in [0.05, 0.1) is 0 Å². The van der Waals surface area contributed by atoms with Crippen molar-refractivity contribution in [2.75, 3.05) is 0 Å². The van der Waals surface area contributed by atoms with E-state index >= 15 is 0 Å². The number of amides is 1. The van der Waals surface area contributed by atoms with Crippen molar-refractivity contribution in [1.82, 2.24) is 0 Å². The zero-order valence-corrected chi connectivity index (χ0v) is 8.08. The molecule has 0 saturated carbocycles. The lowest BCUT2D eigenvalue weighted by molar-refractivity contribution is -0.133. The zero-order valence-electron chi connectivity index (χ0n) is 7.33. The molecule has 0 saturated heterocycles. The summed E-state index contributed by atoms with van der Waals surface area (Å²) in [6.07, 6.45) is 2.03. The van der Waals surface area contributed by atoms with E-state index < -0.39 is 11.5 Å². The molecule has 73 valence electrons. The molecule has 1 atom stereocenters. The number of benzene rings is 1. The fraction of sp³-hybridized carbons (Fsp3) is 0.200. The number of hydrogen-bond donors (Lipinski definition) is 2. The maximum Gasteiger partial charge on any atom is 0.254 e. The molecule has 1 aliphatic carbocycles. The highest BCUT2D eigenvalue weighted by molar-refractivity contribution is 6.30. The van der Waals surface area contributed by atoms with Crippen LogP contribution in [0.15, 0.2) is 18.2 Å². The zero-order chi connectivity index (χ0) is 10.3. The Labute approximate surface area is 86.5 Å². The smallest absolute Gasteiger partial charge is 0.254 e. The molecule has 0 bridgehead atoms. The van der Waals surface area contributed by atoms with Gasteiger partial charge in [0, 0.05) is 11.4 Å². The highest BCUT2D eigenvalue weighted by Crippen LogP contribution is 2.37. The first-order valence-electron chi connectivity index (χ1n) is 4.19. The number of carbonyl (C=O) groups excluding carboxylic acids is 1. The topological polar surface area (TPSA) is 63.3 Å². The Morgan fingerprint density at radius 1 is 1.57 bits per heavy atom. The minimum atomic E-state index is -1.65. The van der Waals surface area contributed by atoms with Gasteiger partial charge in [0.1, 0.15) is 0 Å². The van der Waals surface area contributed by atoms with Gasteiger partial charge in [-0.05, 0) is 29.7 Å². The van der Waals surface area contributed by atoms with Gasteiger partial charge in [0.25, 0.3) is 5.91 Å². The van der Waals surface area contributed by atoms with Crippen molar-refractivity contribution < 1.29 is 9.90 Å². The van der Waals surface area contributed by atoms with Crippen molar-refractivity contribution in [3.8, 4) is 0 Å². The van der Waals surface area contributed by atoms with Crippen LogP contribution in [-0.4, -0.2) is 11.0 Å². The second-order valence-electron chi connectivity index (χ2n) is 3.34. The van der Waals surface area contributed by atoms with Crippen LogP contribution in [0.2, 0.25) is 5.02 Å². The van der Waals surface area contributed by atoms with Crippen LogP contribution in [0.25, 0.3) is 0 Å². The number of aliphatic hydroxyl groups is 1. The Morgan fingerprint density at radius 3 is 2.93 bits per heavy atom. The number of rotatable bonds is 1. The van der Waals surface area contributed by atoms with Gasteiger partial charge in [0.2, 0.25) is 0 Å². The van der Waals surface area contributed by atoms with Crippen LogP contribution in [0.4, 0.5) is 0 Å². The molecule has 0 fully saturated rings. The van der Waals surface area contributed by atoms with Crippen molar-refractivity contribution in [2.24, 2.45) is 5.73 Å². The largest absolute Gasteiger partial charge is 0.375 e. The lowest BCUT2D eigenvalue weighted by Gasteiger charge is -2.19. The summed E-state index contributed by atoms with van der Waals surface area (Å²) in [5.41, 5.74) is 4.86. The normalized spacial score (nSPS) is 24.7. The average molecular weight is 211 g/mol. The van der Waals surface area contributed by atoms with E-state index in [0.29, 0.717) is 17.0 Å². The minimum Gasteiger partial charge on any atom is -0.375 e. The Hall–Kier alpha value is -1.06. The standard InChI is InChI=1S/C10H9ClNO2/c11-7-2-1-6-3-4-10(14,9(12)13)8(6)5-7/h1-2,4-5,14H,3H2,(H2,12,13). The van der Waals surface area contributed by atoms with Gasteiger partial charge < -0.3 is 10.8 Å². The fourth-order valence-electron chi connectivity index (χ4n) is 1.68. The molecule has 0 spiro atoms. The molecule has 2 rings (SSSR count). The number of primary amides is 1. The van der Waals surface area contributed by atoms with E-state index in [0.717, 1.165) is 5.56 Å². The predicted molar refractivity (Wildman–Crippen MR) is 52.5 cm³/mol. The van der Waals surface area contributed by atoms with Crippen molar-refractivity contribution >= 4 is 17.5 Å².